The number of alkyl halides is 3. The number of nitrogens with zero attached hydrogens (tertiary/aromatic N) is 1. The molecule has 2 aromatic heterocycles. The zero-order chi connectivity index (χ0) is 24.3. The number of oxazole rings is 1. The monoisotopic (exact) mass is 494 g/mol. The molecule has 0 spiro atoms. The zero-order valence-electron chi connectivity index (χ0n) is 17.9. The van der Waals surface area contributed by atoms with Crippen LogP contribution in [0.1, 0.15) is 11.1 Å². The summed E-state index contributed by atoms with van der Waals surface area (Å²) in [4.78, 5) is 19.2. The lowest BCUT2D eigenvalue weighted by atomic mass is 10.0. The number of fused-ring (bicyclic) bond motifs is 1. The van der Waals surface area contributed by atoms with Crippen LogP contribution in [0.25, 0.3) is 21.5 Å². The van der Waals surface area contributed by atoms with E-state index in [4.69, 9.17) is 19.6 Å². The molecule has 0 unspecified atom stereocenters. The molecule has 4 rings (SSSR count). The largest absolute Gasteiger partial charge is 0.449 e. The van der Waals surface area contributed by atoms with Crippen molar-refractivity contribution in [2.24, 2.45) is 5.73 Å². The number of aromatic nitrogens is 2. The molecule has 0 aliphatic rings. The molecule has 34 heavy (non-hydrogen) atoms. The number of aromatic amines is 1. The summed E-state index contributed by atoms with van der Waals surface area (Å²) >= 11 is 1.32. The number of ether oxygens (including phenoxy) is 2. The Kier molecular flexibility index (Phi) is 6.91. The first kappa shape index (κ1) is 23.8. The molecule has 2 aromatic carbocycles. The van der Waals surface area contributed by atoms with Gasteiger partial charge in [0.05, 0.1) is 11.1 Å². The number of hydrogen-bond donors (Lipinski definition) is 3. The highest BCUT2D eigenvalue weighted by Crippen LogP contribution is 2.39. The maximum atomic E-state index is 12.7. The van der Waals surface area contributed by atoms with Crippen LogP contribution in [0.4, 0.5) is 18.3 Å². The maximum absolute atomic E-state index is 12.7. The van der Waals surface area contributed by atoms with Crippen LogP contribution in [0.15, 0.2) is 51.7 Å². The van der Waals surface area contributed by atoms with Crippen LogP contribution in [0, 0.1) is 0 Å². The third kappa shape index (κ3) is 5.58. The number of anilines is 1. The molecule has 0 aliphatic carbocycles. The van der Waals surface area contributed by atoms with Crippen LogP contribution in [-0.4, -0.2) is 36.5 Å². The molecular formula is C22H21F3N4O4S. The van der Waals surface area contributed by atoms with E-state index in [-0.39, 0.29) is 12.8 Å². The molecule has 12 heteroatoms. The normalized spacial score (nSPS) is 12.7. The van der Waals surface area contributed by atoms with E-state index in [1.807, 2.05) is 0 Å². The molecule has 4 aromatic rings. The topological polar surface area (TPSA) is 115 Å². The van der Waals surface area contributed by atoms with Crippen molar-refractivity contribution in [3.8, 4) is 16.3 Å². The molecule has 0 amide bonds. The number of H-pyrrole nitrogens is 1. The Labute approximate surface area is 195 Å². The quantitative estimate of drug-likeness (QED) is 0.298. The summed E-state index contributed by atoms with van der Waals surface area (Å²) in [6.07, 6.45) is -3.98. The summed E-state index contributed by atoms with van der Waals surface area (Å²) in [7, 11) is 1.49. The minimum atomic E-state index is -4.37. The van der Waals surface area contributed by atoms with Crippen molar-refractivity contribution in [1.82, 2.24) is 9.97 Å². The lowest BCUT2D eigenvalue weighted by Crippen LogP contribution is -2.31. The Bertz CT molecular complexity index is 1310. The highest BCUT2D eigenvalue weighted by atomic mass is 32.1. The number of rotatable bonds is 9. The Hall–Kier alpha value is -3.35. The van der Waals surface area contributed by atoms with Gasteiger partial charge >= 0.3 is 11.9 Å². The minimum absolute atomic E-state index is 0.00884. The number of thiazole rings is 1. The highest BCUT2D eigenvalue weighted by Gasteiger charge is 2.30. The van der Waals surface area contributed by atoms with Crippen molar-refractivity contribution in [3.63, 3.8) is 0 Å². The lowest BCUT2D eigenvalue weighted by molar-refractivity contribution is -0.137. The van der Waals surface area contributed by atoms with Crippen LogP contribution >= 0.6 is 11.3 Å². The number of halogens is 3. The van der Waals surface area contributed by atoms with E-state index in [2.05, 4.69) is 15.3 Å². The molecule has 0 radical (unpaired) electrons. The van der Waals surface area contributed by atoms with E-state index in [1.165, 1.54) is 30.6 Å². The van der Waals surface area contributed by atoms with Gasteiger partial charge in [-0.2, -0.15) is 18.2 Å². The standard InChI is InChI=1S/C22H21F3N4O4S/c1-31-11-32-19-18(13-4-7-16-17(9-13)33-21(30)28-16)34-20(29-19)27-10-15(26)8-12-2-5-14(6-3-12)22(23,24)25/h2-7,9,15H,8,10-11,26H2,1H3,(H,27,29)(H,28,30)/t15-/m0/s1. The van der Waals surface area contributed by atoms with Gasteiger partial charge in [-0.25, -0.2) is 4.79 Å². The molecule has 4 N–H and O–H groups in total. The number of benzene rings is 2. The second-order valence-corrected chi connectivity index (χ2v) is 8.47. The second kappa shape index (κ2) is 9.87. The predicted octanol–water partition coefficient (Wildman–Crippen LogP) is 4.23. The molecule has 180 valence electrons. The average Bonchev–Trinajstić information content (AvgIpc) is 3.37. The molecule has 0 aliphatic heterocycles. The van der Waals surface area contributed by atoms with Crippen molar-refractivity contribution in [1.29, 1.82) is 0 Å². The van der Waals surface area contributed by atoms with E-state index >= 15 is 0 Å². The molecule has 0 fully saturated rings. The van der Waals surface area contributed by atoms with Gasteiger partial charge < -0.3 is 24.9 Å². The molecule has 0 saturated heterocycles. The van der Waals surface area contributed by atoms with Gasteiger partial charge in [-0.1, -0.05) is 29.5 Å². The Morgan fingerprint density at radius 1 is 1.24 bits per heavy atom. The van der Waals surface area contributed by atoms with Crippen molar-refractivity contribution < 1.29 is 27.1 Å². The highest BCUT2D eigenvalue weighted by molar-refractivity contribution is 7.19. The molecule has 1 atom stereocenters. The summed E-state index contributed by atoms with van der Waals surface area (Å²) in [6, 6.07) is 9.83. The van der Waals surface area contributed by atoms with E-state index in [9.17, 15) is 18.0 Å². The summed E-state index contributed by atoms with van der Waals surface area (Å²) < 4.78 is 53.9. The minimum Gasteiger partial charge on any atom is -0.449 e. The number of nitrogens with two attached hydrogens (primary N) is 1. The molecule has 2 heterocycles. The van der Waals surface area contributed by atoms with Crippen LogP contribution < -0.4 is 21.5 Å². The fraction of sp³-hybridized carbons (Fsp3) is 0.273. The summed E-state index contributed by atoms with van der Waals surface area (Å²) in [5, 5.41) is 3.69. The van der Waals surface area contributed by atoms with Crippen LogP contribution in [-0.2, 0) is 17.3 Å². The summed E-state index contributed by atoms with van der Waals surface area (Å²) in [5.74, 6) is -0.209. The number of hydrogen-bond acceptors (Lipinski definition) is 8. The Morgan fingerprint density at radius 3 is 2.71 bits per heavy atom. The van der Waals surface area contributed by atoms with E-state index in [0.29, 0.717) is 45.5 Å². The van der Waals surface area contributed by atoms with E-state index in [0.717, 1.165) is 17.7 Å². The van der Waals surface area contributed by atoms with Crippen LogP contribution in [0.5, 0.6) is 5.88 Å². The average molecular weight is 494 g/mol. The third-order valence-corrected chi connectivity index (χ3v) is 5.93. The van der Waals surface area contributed by atoms with Crippen LogP contribution in [0.3, 0.4) is 0 Å². The van der Waals surface area contributed by atoms with Gasteiger partial charge in [-0.3, -0.25) is 4.98 Å². The number of methoxy groups -OCH3 is 1. The van der Waals surface area contributed by atoms with Crippen molar-refractivity contribution >= 4 is 27.6 Å². The first-order valence-electron chi connectivity index (χ1n) is 10.1. The third-order valence-electron chi connectivity index (χ3n) is 4.89. The van der Waals surface area contributed by atoms with Gasteiger partial charge in [0.1, 0.15) is 4.88 Å². The van der Waals surface area contributed by atoms with Crippen molar-refractivity contribution in [2.45, 2.75) is 18.6 Å². The SMILES string of the molecule is COCOc1nc(NC[C@@H](N)Cc2ccc(C(F)(F)F)cc2)sc1-c1ccc2[nH]c(=O)oc2c1. The van der Waals surface area contributed by atoms with Gasteiger partial charge in [-0.05, 0) is 36.2 Å². The molecular weight excluding hydrogens is 473 g/mol. The second-order valence-electron chi connectivity index (χ2n) is 7.47. The zero-order valence-corrected chi connectivity index (χ0v) is 18.8. The van der Waals surface area contributed by atoms with Gasteiger partial charge in [0.15, 0.2) is 17.5 Å². The molecule has 0 bridgehead atoms. The van der Waals surface area contributed by atoms with Gasteiger partial charge in [-0.15, -0.1) is 0 Å². The fourth-order valence-electron chi connectivity index (χ4n) is 3.29. The number of nitrogens with one attached hydrogen (secondary N) is 2. The first-order chi connectivity index (χ1) is 16.2. The smallest absolute Gasteiger partial charge is 0.417 e. The Balaban J connectivity index is 1.46. The molecule has 8 nitrogen and oxygen atoms in total. The fourth-order valence-corrected chi connectivity index (χ4v) is 4.20. The van der Waals surface area contributed by atoms with Gasteiger partial charge in [0.2, 0.25) is 5.88 Å². The Morgan fingerprint density at radius 2 is 2.00 bits per heavy atom. The van der Waals surface area contributed by atoms with E-state index < -0.39 is 17.5 Å². The summed E-state index contributed by atoms with van der Waals surface area (Å²) in [5.41, 5.74) is 7.90. The lowest BCUT2D eigenvalue weighted by Gasteiger charge is -2.13. The summed E-state index contributed by atoms with van der Waals surface area (Å²) in [6.45, 7) is 0.328. The van der Waals surface area contributed by atoms with Crippen molar-refractivity contribution in [2.75, 3.05) is 25.8 Å². The van der Waals surface area contributed by atoms with Gasteiger partial charge in [0, 0.05) is 25.3 Å². The van der Waals surface area contributed by atoms with Crippen LogP contribution in [0.2, 0.25) is 0 Å². The first-order valence-corrected chi connectivity index (χ1v) is 11.0. The van der Waals surface area contributed by atoms with E-state index in [1.54, 1.807) is 18.2 Å². The van der Waals surface area contributed by atoms with Gasteiger partial charge in [0.25, 0.3) is 0 Å². The maximum Gasteiger partial charge on any atom is 0.417 e. The molecule has 0 saturated carbocycles. The predicted molar refractivity (Wildman–Crippen MR) is 122 cm³/mol. The van der Waals surface area contributed by atoms with Crippen molar-refractivity contribution in [3.05, 3.63) is 64.1 Å².